The minimum atomic E-state index is -0.945. The summed E-state index contributed by atoms with van der Waals surface area (Å²) in [5.74, 6) is 2.14. The number of amides is 3. The van der Waals surface area contributed by atoms with Crippen molar-refractivity contribution in [3.8, 4) is 0 Å². The Morgan fingerprint density at radius 3 is 2.53 bits per heavy atom. The molecule has 5 rings (SSSR count). The number of hydrogen-bond acceptors (Lipinski definition) is 5. The molecular weight excluding hydrogens is 454 g/mol. The van der Waals surface area contributed by atoms with Gasteiger partial charge in [0.05, 0.1) is 6.54 Å². The standard InChI is InChI=1S/C26H32ClN3O4/c1-33-17-22-9-8-21(34-22)16-29-12-10-20(11-13-29)26(14-19-4-2-3-5-23(19)27)24(31)30(25(32)28-26)15-18-6-7-18/h2-5,8-9,18,20H,6-7,10-17H2,1H3,(H,28,32)/t26-/m0/s1. The Morgan fingerprint density at radius 1 is 1.09 bits per heavy atom. The number of halogens is 1. The molecule has 3 heterocycles. The predicted molar refractivity (Wildman–Crippen MR) is 128 cm³/mol. The molecule has 2 aromatic rings. The Morgan fingerprint density at radius 2 is 1.82 bits per heavy atom. The van der Waals surface area contributed by atoms with Crippen molar-refractivity contribution in [1.29, 1.82) is 0 Å². The zero-order valence-electron chi connectivity index (χ0n) is 19.6. The Hall–Kier alpha value is -2.35. The van der Waals surface area contributed by atoms with Gasteiger partial charge >= 0.3 is 6.03 Å². The minimum Gasteiger partial charge on any atom is -0.462 e. The molecule has 0 unspecified atom stereocenters. The van der Waals surface area contributed by atoms with Gasteiger partial charge in [0.25, 0.3) is 5.91 Å². The summed E-state index contributed by atoms with van der Waals surface area (Å²) in [6.07, 6.45) is 4.23. The number of carbonyl (C=O) groups excluding carboxylic acids is 2. The van der Waals surface area contributed by atoms with Crippen molar-refractivity contribution in [3.63, 3.8) is 0 Å². The maximum atomic E-state index is 13.8. The molecule has 0 spiro atoms. The van der Waals surface area contributed by atoms with Gasteiger partial charge in [0, 0.05) is 25.1 Å². The van der Waals surface area contributed by atoms with Crippen LogP contribution >= 0.6 is 11.6 Å². The minimum absolute atomic E-state index is 0.0429. The van der Waals surface area contributed by atoms with E-state index < -0.39 is 5.54 Å². The molecule has 1 aromatic heterocycles. The number of furan rings is 1. The molecule has 1 saturated carbocycles. The Bertz CT molecular complexity index is 1040. The second-order valence-corrected chi connectivity index (χ2v) is 10.3. The van der Waals surface area contributed by atoms with Crippen LogP contribution in [0.2, 0.25) is 5.02 Å². The number of methoxy groups -OCH3 is 1. The number of ether oxygens (including phenoxy) is 1. The van der Waals surface area contributed by atoms with E-state index in [-0.39, 0.29) is 17.9 Å². The van der Waals surface area contributed by atoms with Gasteiger partial charge in [-0.25, -0.2) is 4.79 Å². The molecule has 1 atom stereocenters. The van der Waals surface area contributed by atoms with Crippen LogP contribution in [0.25, 0.3) is 0 Å². The smallest absolute Gasteiger partial charge is 0.325 e. The van der Waals surface area contributed by atoms with Gasteiger partial charge in [0.1, 0.15) is 23.7 Å². The first-order valence-corrected chi connectivity index (χ1v) is 12.5. The van der Waals surface area contributed by atoms with E-state index in [4.69, 9.17) is 20.8 Å². The third-order valence-corrected chi connectivity index (χ3v) is 7.80. The summed E-state index contributed by atoms with van der Waals surface area (Å²) < 4.78 is 11.0. The molecule has 0 bridgehead atoms. The van der Waals surface area contributed by atoms with Crippen LogP contribution in [0.15, 0.2) is 40.8 Å². The summed E-state index contributed by atoms with van der Waals surface area (Å²) in [7, 11) is 1.65. The van der Waals surface area contributed by atoms with Gasteiger partial charge in [-0.05, 0) is 74.4 Å². The largest absolute Gasteiger partial charge is 0.462 e. The molecule has 7 nitrogen and oxygen atoms in total. The molecule has 8 heteroatoms. The Balaban J connectivity index is 1.32. The molecule has 3 fully saturated rings. The second kappa shape index (κ2) is 9.72. The highest BCUT2D eigenvalue weighted by Crippen LogP contribution is 2.39. The highest BCUT2D eigenvalue weighted by atomic mass is 35.5. The van der Waals surface area contributed by atoms with Gasteiger partial charge in [-0.1, -0.05) is 29.8 Å². The second-order valence-electron chi connectivity index (χ2n) is 9.88. The van der Waals surface area contributed by atoms with Gasteiger partial charge in [0.15, 0.2) is 0 Å². The number of hydrogen-bond donors (Lipinski definition) is 1. The van der Waals surface area contributed by atoms with Gasteiger partial charge in [-0.15, -0.1) is 0 Å². The van der Waals surface area contributed by atoms with Crippen molar-refractivity contribution in [3.05, 3.63) is 58.5 Å². The van der Waals surface area contributed by atoms with Crippen LogP contribution in [0.1, 0.15) is 42.8 Å². The fourth-order valence-electron chi connectivity index (χ4n) is 5.38. The number of urea groups is 1. The lowest BCUT2D eigenvalue weighted by Gasteiger charge is -2.41. The third-order valence-electron chi connectivity index (χ3n) is 7.43. The van der Waals surface area contributed by atoms with Crippen LogP contribution in [0.5, 0.6) is 0 Å². The van der Waals surface area contributed by atoms with E-state index >= 15 is 0 Å². The zero-order chi connectivity index (χ0) is 23.7. The Kier molecular flexibility index (Phi) is 6.69. The molecule has 3 amide bonds. The highest BCUT2D eigenvalue weighted by molar-refractivity contribution is 6.31. The summed E-state index contributed by atoms with van der Waals surface area (Å²) in [6.45, 7) is 3.38. The van der Waals surface area contributed by atoms with Crippen molar-refractivity contribution in [1.82, 2.24) is 15.1 Å². The maximum Gasteiger partial charge on any atom is 0.325 e. The number of likely N-dealkylation sites (tertiary alicyclic amines) is 1. The van der Waals surface area contributed by atoms with Gasteiger partial charge < -0.3 is 14.5 Å². The van der Waals surface area contributed by atoms with Gasteiger partial charge in [-0.3, -0.25) is 14.6 Å². The molecule has 0 radical (unpaired) electrons. The first-order valence-electron chi connectivity index (χ1n) is 12.1. The molecule has 1 aliphatic carbocycles. The molecule has 2 saturated heterocycles. The predicted octanol–water partition coefficient (Wildman–Crippen LogP) is 4.23. The number of nitrogens with one attached hydrogen (secondary N) is 1. The molecule has 3 aliphatic rings. The van der Waals surface area contributed by atoms with Crippen LogP contribution in [-0.2, 0) is 29.1 Å². The van der Waals surface area contributed by atoms with Crippen molar-refractivity contribution in [2.24, 2.45) is 11.8 Å². The van der Waals surface area contributed by atoms with E-state index in [1.54, 1.807) is 7.11 Å². The average molecular weight is 486 g/mol. The van der Waals surface area contributed by atoms with E-state index in [1.807, 2.05) is 36.4 Å². The van der Waals surface area contributed by atoms with Crippen molar-refractivity contribution in [2.45, 2.75) is 50.8 Å². The highest BCUT2D eigenvalue weighted by Gasteiger charge is 2.56. The SMILES string of the molecule is COCc1ccc(CN2CCC([C@]3(Cc4ccccc4Cl)NC(=O)N(CC4CC4)C3=O)CC2)o1. The summed E-state index contributed by atoms with van der Waals surface area (Å²) >= 11 is 6.49. The van der Waals surface area contributed by atoms with Crippen LogP contribution in [0.3, 0.4) is 0 Å². The number of carbonyl (C=O) groups is 2. The number of piperidine rings is 1. The Labute approximate surface area is 205 Å². The van der Waals surface area contributed by atoms with Crippen molar-refractivity contribution in [2.75, 3.05) is 26.7 Å². The van der Waals surface area contributed by atoms with Crippen LogP contribution < -0.4 is 5.32 Å². The number of imide groups is 1. The van der Waals surface area contributed by atoms with Crippen LogP contribution in [0.4, 0.5) is 4.79 Å². The quantitative estimate of drug-likeness (QED) is 0.538. The molecule has 1 aromatic carbocycles. The lowest BCUT2D eigenvalue weighted by molar-refractivity contribution is -0.134. The lowest BCUT2D eigenvalue weighted by atomic mass is 9.74. The molecular formula is C26H32ClN3O4. The summed E-state index contributed by atoms with van der Waals surface area (Å²) in [5.41, 5.74) is -0.0471. The number of benzene rings is 1. The van der Waals surface area contributed by atoms with E-state index in [0.29, 0.717) is 30.5 Å². The molecule has 34 heavy (non-hydrogen) atoms. The number of rotatable bonds is 9. The monoisotopic (exact) mass is 485 g/mol. The third kappa shape index (κ3) is 4.74. The van der Waals surface area contributed by atoms with Gasteiger partial charge in [-0.2, -0.15) is 0 Å². The molecule has 1 N–H and O–H groups in total. The first kappa shape index (κ1) is 23.4. The first-order chi connectivity index (χ1) is 16.5. The fraction of sp³-hybridized carbons (Fsp3) is 0.538. The molecule has 182 valence electrons. The topological polar surface area (TPSA) is 75.0 Å². The van der Waals surface area contributed by atoms with E-state index in [1.165, 1.54) is 4.90 Å². The van der Waals surface area contributed by atoms with Crippen LogP contribution in [-0.4, -0.2) is 54.0 Å². The van der Waals surface area contributed by atoms with Crippen molar-refractivity contribution < 1.29 is 18.7 Å². The molecule has 2 aliphatic heterocycles. The normalized spacial score (nSPS) is 24.1. The zero-order valence-corrected chi connectivity index (χ0v) is 20.4. The van der Waals surface area contributed by atoms with E-state index in [0.717, 1.165) is 62.4 Å². The van der Waals surface area contributed by atoms with E-state index in [2.05, 4.69) is 10.2 Å². The van der Waals surface area contributed by atoms with Gasteiger partial charge in [0.2, 0.25) is 0 Å². The summed E-state index contributed by atoms with van der Waals surface area (Å²) in [6, 6.07) is 11.3. The lowest BCUT2D eigenvalue weighted by Crippen LogP contribution is -2.57. The van der Waals surface area contributed by atoms with Crippen molar-refractivity contribution >= 4 is 23.5 Å². The fourth-order valence-corrected chi connectivity index (χ4v) is 5.59. The summed E-state index contributed by atoms with van der Waals surface area (Å²) in [5, 5.41) is 3.79. The average Bonchev–Trinajstić information content (AvgIpc) is 3.50. The van der Waals surface area contributed by atoms with E-state index in [9.17, 15) is 9.59 Å². The maximum absolute atomic E-state index is 13.8. The number of nitrogens with zero attached hydrogens (tertiary/aromatic N) is 2. The van der Waals surface area contributed by atoms with Crippen LogP contribution in [0, 0.1) is 11.8 Å². The summed E-state index contributed by atoms with van der Waals surface area (Å²) in [4.78, 5) is 30.6.